The van der Waals surface area contributed by atoms with Crippen LogP contribution < -0.4 is 19.5 Å². The van der Waals surface area contributed by atoms with Crippen LogP contribution in [-0.2, 0) is 9.59 Å². The molecule has 1 aromatic carbocycles. The lowest BCUT2D eigenvalue weighted by molar-refractivity contribution is -0.144. The normalized spacial score (nSPS) is 17.2. The number of likely N-dealkylation sites (tertiary alicyclic amines) is 2. The van der Waals surface area contributed by atoms with Crippen molar-refractivity contribution in [3.8, 4) is 17.2 Å². The topological polar surface area (TPSA) is 97.4 Å². The van der Waals surface area contributed by atoms with Gasteiger partial charge in [0.1, 0.15) is 0 Å². The molecule has 1 N–H and O–H groups in total. The first-order chi connectivity index (χ1) is 12.5. The number of amides is 4. The highest BCUT2D eigenvalue weighted by molar-refractivity contribution is 6.02. The highest BCUT2D eigenvalue weighted by Crippen LogP contribution is 2.40. The third kappa shape index (κ3) is 3.12. The number of ether oxygens (including phenoxy) is 3. The first-order valence-corrected chi connectivity index (χ1v) is 8.19. The molecular formula is C17H21N3O6. The summed E-state index contributed by atoms with van der Waals surface area (Å²) in [6, 6.07) is 2.70. The highest BCUT2D eigenvalue weighted by Gasteiger charge is 2.42. The van der Waals surface area contributed by atoms with Crippen LogP contribution in [0, 0.1) is 0 Å². The molecule has 140 valence electrons. The minimum Gasteiger partial charge on any atom is -0.493 e. The maximum absolute atomic E-state index is 12.4. The van der Waals surface area contributed by atoms with E-state index in [2.05, 4.69) is 5.32 Å². The van der Waals surface area contributed by atoms with E-state index in [1.54, 1.807) is 12.1 Å². The molecule has 0 unspecified atom stereocenters. The molecule has 26 heavy (non-hydrogen) atoms. The maximum Gasteiger partial charge on any atom is 0.321 e. The molecule has 0 radical (unpaired) electrons. The molecule has 0 saturated carbocycles. The van der Waals surface area contributed by atoms with Gasteiger partial charge < -0.3 is 24.4 Å². The number of imide groups is 1. The molecule has 9 nitrogen and oxygen atoms in total. The second-order valence-electron chi connectivity index (χ2n) is 6.06. The van der Waals surface area contributed by atoms with Gasteiger partial charge in [-0.1, -0.05) is 0 Å². The number of carbonyl (C=O) groups is 3. The Labute approximate surface area is 150 Å². The van der Waals surface area contributed by atoms with E-state index in [0.717, 1.165) is 0 Å². The molecule has 0 aromatic heterocycles. The fourth-order valence-electron chi connectivity index (χ4n) is 3.14. The first kappa shape index (κ1) is 17.8. The highest BCUT2D eigenvalue weighted by atomic mass is 16.5. The van der Waals surface area contributed by atoms with Crippen molar-refractivity contribution in [3.63, 3.8) is 0 Å². The van der Waals surface area contributed by atoms with Gasteiger partial charge in [-0.05, 0) is 0 Å². The lowest BCUT2D eigenvalue weighted by atomic mass is 10.1. The van der Waals surface area contributed by atoms with Crippen molar-refractivity contribution in [2.24, 2.45) is 0 Å². The van der Waals surface area contributed by atoms with E-state index in [4.69, 9.17) is 14.2 Å². The minimum absolute atomic E-state index is 0.162. The Bertz CT molecular complexity index is 703. The molecule has 1 aromatic rings. The van der Waals surface area contributed by atoms with Gasteiger partial charge in [-0.3, -0.25) is 14.5 Å². The monoisotopic (exact) mass is 363 g/mol. The molecule has 2 saturated heterocycles. The largest absolute Gasteiger partial charge is 0.493 e. The van der Waals surface area contributed by atoms with Crippen LogP contribution in [0.25, 0.3) is 0 Å². The number of hydrogen-bond donors (Lipinski definition) is 1. The van der Waals surface area contributed by atoms with Gasteiger partial charge >= 0.3 is 6.03 Å². The quantitative estimate of drug-likeness (QED) is 0.786. The molecule has 0 aliphatic carbocycles. The van der Waals surface area contributed by atoms with Crippen LogP contribution in [0.2, 0.25) is 0 Å². The van der Waals surface area contributed by atoms with Crippen LogP contribution >= 0.6 is 0 Å². The van der Waals surface area contributed by atoms with Crippen molar-refractivity contribution in [2.45, 2.75) is 18.9 Å². The number of nitrogens with one attached hydrogen (secondary N) is 1. The van der Waals surface area contributed by atoms with Gasteiger partial charge in [-0.15, -0.1) is 0 Å². The zero-order valence-electron chi connectivity index (χ0n) is 14.9. The molecular weight excluding hydrogens is 342 g/mol. The Kier molecular flexibility index (Phi) is 4.88. The Hall–Kier alpha value is -2.97. The summed E-state index contributed by atoms with van der Waals surface area (Å²) in [6.45, 7) is 0.654. The summed E-state index contributed by atoms with van der Waals surface area (Å²) in [7, 11) is 4.49. The van der Waals surface area contributed by atoms with Gasteiger partial charge in [0.05, 0.1) is 33.1 Å². The van der Waals surface area contributed by atoms with Gasteiger partial charge in [0.15, 0.2) is 11.5 Å². The van der Waals surface area contributed by atoms with Crippen molar-refractivity contribution in [1.29, 1.82) is 0 Å². The minimum atomic E-state index is -0.324. The molecule has 2 heterocycles. The number of rotatable bonds is 5. The predicted molar refractivity (Wildman–Crippen MR) is 91.6 cm³/mol. The number of methoxy groups -OCH3 is 3. The fraction of sp³-hybridized carbons (Fsp3) is 0.471. The summed E-state index contributed by atoms with van der Waals surface area (Å²) in [5.41, 5.74) is 0.487. The molecule has 9 heteroatoms. The van der Waals surface area contributed by atoms with Crippen LogP contribution in [0.15, 0.2) is 12.1 Å². The molecule has 2 aliphatic rings. The van der Waals surface area contributed by atoms with Crippen LogP contribution in [0.5, 0.6) is 17.2 Å². The Morgan fingerprint density at radius 1 is 1.00 bits per heavy atom. The molecule has 0 bridgehead atoms. The number of carbonyl (C=O) groups excluding carboxylic acids is 3. The fourth-order valence-corrected chi connectivity index (χ4v) is 3.14. The summed E-state index contributed by atoms with van der Waals surface area (Å²) in [5, 5.41) is 2.76. The zero-order chi connectivity index (χ0) is 18.8. The van der Waals surface area contributed by atoms with E-state index >= 15 is 0 Å². The summed E-state index contributed by atoms with van der Waals surface area (Å²) < 4.78 is 15.8. The molecule has 4 amide bonds. The molecule has 3 rings (SSSR count). The predicted octanol–water partition coefficient (Wildman–Crippen LogP) is 1.08. The van der Waals surface area contributed by atoms with Gasteiger partial charge in [0, 0.05) is 38.1 Å². The first-order valence-electron chi connectivity index (χ1n) is 8.19. The number of anilines is 1. The van der Waals surface area contributed by atoms with E-state index in [-0.39, 0.29) is 36.7 Å². The standard InChI is InChI=1S/C17H21N3O6/c1-24-12-6-10(7-13(25-2)16(12)26-3)18-17(23)19-8-11(9-19)20-14(21)4-5-15(20)22/h6-7,11H,4-5,8-9H2,1-3H3,(H,18,23). The summed E-state index contributed by atoms with van der Waals surface area (Å²) in [4.78, 5) is 38.7. The lowest BCUT2D eigenvalue weighted by Gasteiger charge is -2.42. The van der Waals surface area contributed by atoms with Crippen LogP contribution in [-0.4, -0.2) is 68.1 Å². The molecule has 2 aliphatic heterocycles. The van der Waals surface area contributed by atoms with Crippen molar-refractivity contribution in [3.05, 3.63) is 12.1 Å². The van der Waals surface area contributed by atoms with Crippen molar-refractivity contribution >= 4 is 23.5 Å². The third-order valence-corrected chi connectivity index (χ3v) is 4.52. The van der Waals surface area contributed by atoms with Gasteiger partial charge in [-0.2, -0.15) is 0 Å². The molecule has 0 atom stereocenters. The zero-order valence-corrected chi connectivity index (χ0v) is 14.9. The third-order valence-electron chi connectivity index (χ3n) is 4.52. The van der Waals surface area contributed by atoms with Crippen molar-refractivity contribution in [2.75, 3.05) is 39.7 Å². The van der Waals surface area contributed by atoms with Gasteiger partial charge in [0.2, 0.25) is 17.6 Å². The van der Waals surface area contributed by atoms with Crippen LogP contribution in [0.1, 0.15) is 12.8 Å². The summed E-state index contributed by atoms with van der Waals surface area (Å²) in [6.07, 6.45) is 0.514. The summed E-state index contributed by atoms with van der Waals surface area (Å²) in [5.74, 6) is 0.964. The Morgan fingerprint density at radius 3 is 2.00 bits per heavy atom. The van der Waals surface area contributed by atoms with Crippen LogP contribution in [0.3, 0.4) is 0 Å². The van der Waals surface area contributed by atoms with E-state index in [1.165, 1.54) is 31.1 Å². The molecule has 0 spiro atoms. The molecule has 2 fully saturated rings. The van der Waals surface area contributed by atoms with Crippen molar-refractivity contribution in [1.82, 2.24) is 9.80 Å². The second kappa shape index (κ2) is 7.11. The van der Waals surface area contributed by atoms with E-state index < -0.39 is 0 Å². The van der Waals surface area contributed by atoms with E-state index in [0.29, 0.717) is 36.0 Å². The smallest absolute Gasteiger partial charge is 0.321 e. The Balaban J connectivity index is 1.64. The number of nitrogens with zero attached hydrogens (tertiary/aromatic N) is 2. The SMILES string of the molecule is COc1cc(NC(=O)N2CC(N3C(=O)CCC3=O)C2)cc(OC)c1OC. The van der Waals surface area contributed by atoms with E-state index in [1.807, 2.05) is 0 Å². The average Bonchev–Trinajstić information content (AvgIpc) is 2.92. The summed E-state index contributed by atoms with van der Waals surface area (Å²) >= 11 is 0. The number of benzene rings is 1. The van der Waals surface area contributed by atoms with Gasteiger partial charge in [0.25, 0.3) is 0 Å². The lowest BCUT2D eigenvalue weighted by Crippen LogP contribution is -2.63. The van der Waals surface area contributed by atoms with Crippen LogP contribution in [0.4, 0.5) is 10.5 Å². The number of urea groups is 1. The van der Waals surface area contributed by atoms with Gasteiger partial charge in [-0.25, -0.2) is 4.79 Å². The average molecular weight is 363 g/mol. The van der Waals surface area contributed by atoms with Crippen molar-refractivity contribution < 1.29 is 28.6 Å². The second-order valence-corrected chi connectivity index (χ2v) is 6.06. The van der Waals surface area contributed by atoms with E-state index in [9.17, 15) is 14.4 Å². The maximum atomic E-state index is 12.4. The number of hydrogen-bond acceptors (Lipinski definition) is 6. The Morgan fingerprint density at radius 2 is 1.54 bits per heavy atom.